The fourth-order valence-corrected chi connectivity index (χ4v) is 9.61. The van der Waals surface area contributed by atoms with E-state index in [-0.39, 0.29) is 62.1 Å². The van der Waals surface area contributed by atoms with Gasteiger partial charge in [-0.2, -0.15) is 60.0 Å². The lowest BCUT2D eigenvalue weighted by atomic mass is 10.1. The standard InChI is InChI=1S/2C20H21F3N4O9S2/c21-20(22,23)13-1-4-18(36-38(32,33)34)17(11-13)26-8-5-25(6-9-26)7-10-27-16-12-14(35-37(29,30)31)2-3-15(16)24-19(27)28;21-20(22,23)13-9-14(11-16(10-13)36-38(32,33)34)26-6-3-25(4-7-26)5-8-27-18-12-15(35-37(29,30)31)1-2-17(18)24-19(27)28/h1-4,11-12H,5-10H2,(H,24,28)(H,29,30,31)(H,32,33,34);1-2,9-12H,3-8H2,(H,24,28)(H,29,30,31)(H,32,33,34). The maximum Gasteiger partial charge on any atom is 0.446 e. The number of aromatic amines is 2. The fraction of sp³-hybridized carbons (Fsp3) is 0.350. The number of alkyl halides is 6. The van der Waals surface area contributed by atoms with E-state index >= 15 is 0 Å². The predicted octanol–water partition coefficient (Wildman–Crippen LogP) is 3.07. The summed E-state index contributed by atoms with van der Waals surface area (Å²) in [6.07, 6.45) is -9.47. The topological polar surface area (TPSA) is 343 Å². The van der Waals surface area contributed by atoms with Gasteiger partial charge in [0.05, 0.1) is 38.9 Å². The number of hydrogen-bond acceptors (Lipinski definition) is 18. The first-order valence-electron chi connectivity index (χ1n) is 21.7. The number of fused-ring (bicyclic) bond motifs is 2. The SMILES string of the molecule is O=c1[nH]c2ccc(OS(=O)(=O)O)cc2n1CCN1CCN(c2cc(C(F)(F)F)ccc2OS(=O)(=O)O)CC1.O=c1[nH]c2ccc(OS(=O)(=O)O)cc2n1CCN1CCN(c2cc(OS(=O)(=O)O)cc(C(F)(F)F)c2)CC1. The van der Waals surface area contributed by atoms with Crippen molar-refractivity contribution in [2.45, 2.75) is 25.4 Å². The highest BCUT2D eigenvalue weighted by molar-refractivity contribution is 7.82. The van der Waals surface area contributed by atoms with Crippen molar-refractivity contribution < 1.29 is 95.0 Å². The van der Waals surface area contributed by atoms with Gasteiger partial charge in [0.1, 0.15) is 17.2 Å². The minimum atomic E-state index is -5.03. The molecular weight excluding hydrogens is 1120 g/mol. The molecule has 6 aromatic rings. The number of halogens is 6. The fourth-order valence-electron chi connectivity index (χ4n) is 8.20. The van der Waals surface area contributed by atoms with Gasteiger partial charge in [0, 0.05) is 102 Å². The second-order valence-electron chi connectivity index (χ2n) is 16.6. The summed E-state index contributed by atoms with van der Waals surface area (Å²) in [5.41, 5.74) is -1.73. The van der Waals surface area contributed by atoms with E-state index in [9.17, 15) is 69.6 Å². The molecule has 26 nitrogen and oxygen atoms in total. The van der Waals surface area contributed by atoms with Gasteiger partial charge in [0.2, 0.25) is 0 Å². The van der Waals surface area contributed by atoms with Crippen LogP contribution in [0.25, 0.3) is 22.1 Å². The molecule has 2 aromatic heterocycles. The van der Waals surface area contributed by atoms with Crippen molar-refractivity contribution in [2.75, 3.05) is 75.2 Å². The lowest BCUT2D eigenvalue weighted by Crippen LogP contribution is -2.47. The number of rotatable bonds is 16. The van der Waals surface area contributed by atoms with Crippen LogP contribution in [-0.2, 0) is 67.0 Å². The third kappa shape index (κ3) is 15.5. The molecule has 36 heteroatoms. The average Bonchev–Trinajstić information content (AvgIpc) is 3.78. The molecule has 8 rings (SSSR count). The predicted molar refractivity (Wildman–Crippen MR) is 254 cm³/mol. The molecule has 2 saturated heterocycles. The molecule has 0 unspecified atom stereocenters. The second-order valence-corrected chi connectivity index (χ2v) is 20.7. The third-order valence-corrected chi connectivity index (χ3v) is 13.1. The summed E-state index contributed by atoms with van der Waals surface area (Å²) in [5, 5.41) is 0. The Balaban J connectivity index is 0.000000221. The van der Waals surface area contributed by atoms with E-state index in [4.69, 9.17) is 18.2 Å². The van der Waals surface area contributed by atoms with Crippen molar-refractivity contribution in [2.24, 2.45) is 0 Å². The zero-order valence-corrected chi connectivity index (χ0v) is 41.8. The number of H-pyrrole nitrogens is 2. The molecule has 416 valence electrons. The largest absolute Gasteiger partial charge is 0.446 e. The molecule has 2 aliphatic rings. The molecular formula is C40H42F6N8O18S4. The molecule has 0 spiro atoms. The molecule has 0 bridgehead atoms. The highest BCUT2D eigenvalue weighted by Crippen LogP contribution is 2.39. The molecule has 0 saturated carbocycles. The Morgan fingerprint density at radius 1 is 0.461 bits per heavy atom. The van der Waals surface area contributed by atoms with Crippen LogP contribution in [0.15, 0.2) is 82.4 Å². The normalized spacial score (nSPS) is 15.7. The van der Waals surface area contributed by atoms with Crippen LogP contribution in [0.3, 0.4) is 0 Å². The highest BCUT2D eigenvalue weighted by Gasteiger charge is 2.35. The van der Waals surface area contributed by atoms with Crippen LogP contribution >= 0.6 is 0 Å². The summed E-state index contributed by atoms with van der Waals surface area (Å²) >= 11 is 0. The van der Waals surface area contributed by atoms with Crippen LogP contribution in [0.1, 0.15) is 11.1 Å². The smallest absolute Gasteiger partial charge is 0.369 e. The maximum atomic E-state index is 13.3. The Morgan fingerprint density at radius 2 is 0.882 bits per heavy atom. The average molecular weight is 1170 g/mol. The first kappa shape index (κ1) is 57.1. The van der Waals surface area contributed by atoms with Gasteiger partial charge in [-0.1, -0.05) is 0 Å². The van der Waals surface area contributed by atoms with E-state index in [1.807, 2.05) is 9.80 Å². The van der Waals surface area contributed by atoms with E-state index in [0.29, 0.717) is 73.5 Å². The van der Waals surface area contributed by atoms with Crippen molar-refractivity contribution in [3.63, 3.8) is 0 Å². The lowest BCUT2D eigenvalue weighted by Gasteiger charge is -2.36. The first-order valence-corrected chi connectivity index (χ1v) is 27.1. The van der Waals surface area contributed by atoms with E-state index in [2.05, 4.69) is 26.7 Å². The van der Waals surface area contributed by atoms with Gasteiger partial charge in [0.25, 0.3) is 0 Å². The van der Waals surface area contributed by atoms with E-state index in [1.54, 1.807) is 4.90 Å². The first-order chi connectivity index (χ1) is 35.2. The zero-order valence-electron chi connectivity index (χ0n) is 38.5. The number of nitrogens with one attached hydrogen (secondary N) is 2. The molecule has 6 N–H and O–H groups in total. The number of benzene rings is 4. The van der Waals surface area contributed by atoms with E-state index in [0.717, 1.165) is 24.3 Å². The van der Waals surface area contributed by atoms with Crippen molar-refractivity contribution in [1.82, 2.24) is 28.9 Å². The zero-order chi connectivity index (χ0) is 55.8. The summed E-state index contributed by atoms with van der Waals surface area (Å²) in [6.45, 7) is 3.37. The molecule has 0 atom stereocenters. The quantitative estimate of drug-likeness (QED) is 0.0599. The molecule has 0 amide bonds. The van der Waals surface area contributed by atoms with Crippen molar-refractivity contribution in [3.05, 3.63) is 105 Å². The summed E-state index contributed by atoms with van der Waals surface area (Å²) in [7, 11) is -19.5. The summed E-state index contributed by atoms with van der Waals surface area (Å²) in [4.78, 5) is 37.0. The van der Waals surface area contributed by atoms with E-state index < -0.39 is 88.0 Å². The van der Waals surface area contributed by atoms with Crippen LogP contribution < -0.4 is 37.9 Å². The number of anilines is 2. The second kappa shape index (κ2) is 21.8. The number of nitrogens with zero attached hydrogens (tertiary/aromatic N) is 6. The van der Waals surface area contributed by atoms with Crippen LogP contribution in [0.5, 0.6) is 23.0 Å². The monoisotopic (exact) mass is 1160 g/mol. The third-order valence-electron chi connectivity index (χ3n) is 11.5. The van der Waals surface area contributed by atoms with Crippen molar-refractivity contribution in [3.8, 4) is 23.0 Å². The molecule has 4 aromatic carbocycles. The van der Waals surface area contributed by atoms with Crippen molar-refractivity contribution >= 4 is 75.0 Å². The lowest BCUT2D eigenvalue weighted by molar-refractivity contribution is -0.138. The van der Waals surface area contributed by atoms with E-state index in [1.165, 1.54) is 50.4 Å². The van der Waals surface area contributed by atoms with Gasteiger partial charge in [-0.3, -0.25) is 37.1 Å². The molecule has 0 radical (unpaired) electrons. The van der Waals surface area contributed by atoms with Gasteiger partial charge < -0.3 is 36.5 Å². The molecule has 2 aliphatic heterocycles. The molecule has 2 fully saturated rings. The molecule has 0 aliphatic carbocycles. The Bertz CT molecular complexity index is 3700. The molecule has 76 heavy (non-hydrogen) atoms. The van der Waals surface area contributed by atoms with Gasteiger partial charge in [-0.25, -0.2) is 9.59 Å². The number of piperazine rings is 2. The Labute approximate surface area is 426 Å². The number of hydrogen-bond donors (Lipinski definition) is 6. The van der Waals surface area contributed by atoms with Gasteiger partial charge in [-0.15, -0.1) is 0 Å². The summed E-state index contributed by atoms with van der Waals surface area (Å²) in [5.74, 6) is -1.54. The van der Waals surface area contributed by atoms with Crippen LogP contribution in [0, 0.1) is 0 Å². The van der Waals surface area contributed by atoms with Crippen molar-refractivity contribution in [1.29, 1.82) is 0 Å². The van der Waals surface area contributed by atoms with Crippen LogP contribution in [0.2, 0.25) is 0 Å². The Kier molecular flexibility index (Phi) is 16.3. The summed E-state index contributed by atoms with van der Waals surface area (Å²) in [6, 6.07) is 12.5. The van der Waals surface area contributed by atoms with Crippen LogP contribution in [-0.4, -0.2) is 146 Å². The minimum Gasteiger partial charge on any atom is -0.369 e. The summed E-state index contributed by atoms with van der Waals surface area (Å²) < 4.78 is 224. The Hall–Kier alpha value is -6.64. The van der Waals surface area contributed by atoms with Crippen LogP contribution in [0.4, 0.5) is 37.7 Å². The molecule has 4 heterocycles. The number of aromatic nitrogens is 4. The maximum absolute atomic E-state index is 13.3. The Morgan fingerprint density at radius 3 is 1.30 bits per heavy atom. The minimum absolute atomic E-state index is 0.0531. The highest BCUT2D eigenvalue weighted by atomic mass is 32.3. The number of imidazole rings is 2. The van der Waals surface area contributed by atoms with Gasteiger partial charge >= 0.3 is 65.3 Å². The van der Waals surface area contributed by atoms with Gasteiger partial charge in [0.15, 0.2) is 5.75 Å². The van der Waals surface area contributed by atoms with Gasteiger partial charge in [-0.05, 0) is 54.6 Å².